The topological polar surface area (TPSA) is 37.4 Å². The molecule has 3 rings (SSSR count). The van der Waals surface area contributed by atoms with Crippen LogP contribution in [0.15, 0.2) is 71.6 Å². The first-order chi connectivity index (χ1) is 9.68. The summed E-state index contributed by atoms with van der Waals surface area (Å²) in [5.41, 5.74) is 2.14. The number of nitrogens with zero attached hydrogens (tertiary/aromatic N) is 1. The van der Waals surface area contributed by atoms with Gasteiger partial charge in [0.1, 0.15) is 0 Å². The first-order valence-corrected chi connectivity index (χ1v) is 7.91. The second-order valence-electron chi connectivity index (χ2n) is 4.71. The van der Waals surface area contributed by atoms with Gasteiger partial charge in [-0.3, -0.25) is 0 Å². The molecule has 2 aromatic carbocycles. The predicted molar refractivity (Wildman–Crippen MR) is 79.6 cm³/mol. The standard InChI is InChI=1S/C16H15NO2S/c18-20(19,16-9-5-2-6-10-16)17-12-11-15(13-17)14-7-3-1-4-8-14/h1-11H,12-13H2. The Kier molecular flexibility index (Phi) is 3.42. The second-order valence-corrected chi connectivity index (χ2v) is 6.64. The van der Waals surface area contributed by atoms with Gasteiger partial charge in [-0.25, -0.2) is 8.42 Å². The Balaban J connectivity index is 1.83. The summed E-state index contributed by atoms with van der Waals surface area (Å²) >= 11 is 0. The van der Waals surface area contributed by atoms with Gasteiger partial charge >= 0.3 is 0 Å². The molecule has 0 aliphatic carbocycles. The quantitative estimate of drug-likeness (QED) is 0.869. The van der Waals surface area contributed by atoms with Crippen LogP contribution in [0.3, 0.4) is 0 Å². The van der Waals surface area contributed by atoms with Gasteiger partial charge in [0.2, 0.25) is 10.0 Å². The summed E-state index contributed by atoms with van der Waals surface area (Å²) in [6.07, 6.45) is 1.98. The van der Waals surface area contributed by atoms with Gasteiger partial charge < -0.3 is 0 Å². The number of hydrogen-bond acceptors (Lipinski definition) is 2. The number of benzene rings is 2. The van der Waals surface area contributed by atoms with E-state index in [0.717, 1.165) is 11.1 Å². The molecule has 20 heavy (non-hydrogen) atoms. The molecule has 0 spiro atoms. The SMILES string of the molecule is O=S(=O)(c1ccccc1)N1CC=C(c2ccccc2)C1. The monoisotopic (exact) mass is 285 g/mol. The minimum atomic E-state index is -3.40. The highest BCUT2D eigenvalue weighted by atomic mass is 32.2. The summed E-state index contributed by atoms with van der Waals surface area (Å²) in [5, 5.41) is 0. The fourth-order valence-corrected chi connectivity index (χ4v) is 3.70. The molecule has 0 amide bonds. The first-order valence-electron chi connectivity index (χ1n) is 6.47. The van der Waals surface area contributed by atoms with Crippen LogP contribution in [0.4, 0.5) is 0 Å². The summed E-state index contributed by atoms with van der Waals surface area (Å²) in [4.78, 5) is 0.350. The number of sulfonamides is 1. The highest BCUT2D eigenvalue weighted by Gasteiger charge is 2.28. The van der Waals surface area contributed by atoms with Crippen LogP contribution >= 0.6 is 0 Å². The van der Waals surface area contributed by atoms with E-state index in [2.05, 4.69) is 0 Å². The first kappa shape index (κ1) is 13.1. The highest BCUT2D eigenvalue weighted by molar-refractivity contribution is 7.89. The number of rotatable bonds is 3. The molecule has 0 N–H and O–H groups in total. The third-order valence-electron chi connectivity index (χ3n) is 3.41. The zero-order valence-electron chi connectivity index (χ0n) is 10.9. The molecule has 0 bridgehead atoms. The Labute approximate surface area is 119 Å². The van der Waals surface area contributed by atoms with Crippen molar-refractivity contribution in [1.82, 2.24) is 4.31 Å². The van der Waals surface area contributed by atoms with E-state index in [4.69, 9.17) is 0 Å². The Bertz CT molecular complexity index is 722. The lowest BCUT2D eigenvalue weighted by molar-refractivity contribution is 0.490. The number of hydrogen-bond donors (Lipinski definition) is 0. The van der Waals surface area contributed by atoms with Crippen LogP contribution in [0.1, 0.15) is 5.56 Å². The van der Waals surface area contributed by atoms with Crippen molar-refractivity contribution in [1.29, 1.82) is 0 Å². The molecule has 0 unspecified atom stereocenters. The summed E-state index contributed by atoms with van der Waals surface area (Å²) in [6.45, 7) is 0.864. The molecule has 2 aromatic rings. The van der Waals surface area contributed by atoms with E-state index in [1.807, 2.05) is 42.5 Å². The van der Waals surface area contributed by atoms with Crippen LogP contribution in [-0.2, 0) is 10.0 Å². The van der Waals surface area contributed by atoms with Crippen molar-refractivity contribution in [3.63, 3.8) is 0 Å². The van der Waals surface area contributed by atoms with Crippen LogP contribution in [-0.4, -0.2) is 25.8 Å². The third kappa shape index (κ3) is 2.40. The van der Waals surface area contributed by atoms with Gasteiger partial charge in [-0.1, -0.05) is 54.6 Å². The lowest BCUT2D eigenvalue weighted by Gasteiger charge is -2.16. The van der Waals surface area contributed by atoms with E-state index >= 15 is 0 Å². The summed E-state index contributed by atoms with van der Waals surface area (Å²) < 4.78 is 26.5. The molecule has 3 nitrogen and oxygen atoms in total. The summed E-state index contributed by atoms with van der Waals surface area (Å²) in [6, 6.07) is 18.5. The van der Waals surface area contributed by atoms with Gasteiger partial charge in [0, 0.05) is 13.1 Å². The maximum Gasteiger partial charge on any atom is 0.243 e. The van der Waals surface area contributed by atoms with Gasteiger partial charge in [0.15, 0.2) is 0 Å². The smallest absolute Gasteiger partial charge is 0.207 e. The van der Waals surface area contributed by atoms with E-state index < -0.39 is 10.0 Å². The van der Waals surface area contributed by atoms with Crippen LogP contribution in [0.25, 0.3) is 5.57 Å². The Morgan fingerprint density at radius 3 is 2.10 bits per heavy atom. The average molecular weight is 285 g/mol. The molecule has 102 valence electrons. The van der Waals surface area contributed by atoms with Gasteiger partial charge in [0.25, 0.3) is 0 Å². The lowest BCUT2D eigenvalue weighted by Crippen LogP contribution is -2.28. The maximum absolute atomic E-state index is 12.5. The van der Waals surface area contributed by atoms with Gasteiger partial charge in [-0.2, -0.15) is 4.31 Å². The zero-order chi connectivity index (χ0) is 14.0. The third-order valence-corrected chi connectivity index (χ3v) is 5.24. The van der Waals surface area contributed by atoms with Crippen molar-refractivity contribution in [2.75, 3.05) is 13.1 Å². The second kappa shape index (κ2) is 5.23. The molecule has 0 radical (unpaired) electrons. The molecule has 0 atom stereocenters. The maximum atomic E-state index is 12.5. The van der Waals surface area contributed by atoms with Crippen molar-refractivity contribution in [2.24, 2.45) is 0 Å². The van der Waals surface area contributed by atoms with Crippen molar-refractivity contribution in [3.05, 3.63) is 72.3 Å². The van der Waals surface area contributed by atoms with Crippen molar-refractivity contribution < 1.29 is 8.42 Å². The van der Waals surface area contributed by atoms with Gasteiger partial charge in [-0.15, -0.1) is 0 Å². The average Bonchev–Trinajstić information content (AvgIpc) is 3.00. The fourth-order valence-electron chi connectivity index (χ4n) is 2.32. The van der Waals surface area contributed by atoms with E-state index in [-0.39, 0.29) is 0 Å². The van der Waals surface area contributed by atoms with E-state index in [1.165, 1.54) is 4.31 Å². The fraction of sp³-hybridized carbons (Fsp3) is 0.125. The Morgan fingerprint density at radius 1 is 0.850 bits per heavy atom. The van der Waals surface area contributed by atoms with Crippen LogP contribution in [0, 0.1) is 0 Å². The van der Waals surface area contributed by atoms with Crippen LogP contribution in [0.2, 0.25) is 0 Å². The van der Waals surface area contributed by atoms with Crippen molar-refractivity contribution in [3.8, 4) is 0 Å². The van der Waals surface area contributed by atoms with Gasteiger partial charge in [-0.05, 0) is 23.3 Å². The van der Waals surface area contributed by atoms with Crippen molar-refractivity contribution in [2.45, 2.75) is 4.90 Å². The summed E-state index contributed by atoms with van der Waals surface area (Å²) in [5.74, 6) is 0. The minimum Gasteiger partial charge on any atom is -0.207 e. The molecule has 1 heterocycles. The van der Waals surface area contributed by atoms with E-state index in [0.29, 0.717) is 18.0 Å². The molecule has 4 heteroatoms. The molecule has 0 saturated carbocycles. The molecule has 0 aromatic heterocycles. The Hall–Kier alpha value is -1.91. The lowest BCUT2D eigenvalue weighted by atomic mass is 10.1. The van der Waals surface area contributed by atoms with Crippen LogP contribution in [0.5, 0.6) is 0 Å². The molecular formula is C16H15NO2S. The normalized spacial score (nSPS) is 16.1. The Morgan fingerprint density at radius 2 is 1.45 bits per heavy atom. The molecule has 1 aliphatic heterocycles. The molecule has 1 aliphatic rings. The summed E-state index contributed by atoms with van der Waals surface area (Å²) in [7, 11) is -3.40. The zero-order valence-corrected chi connectivity index (χ0v) is 11.8. The molecule has 0 saturated heterocycles. The van der Waals surface area contributed by atoms with E-state index in [1.54, 1.807) is 24.3 Å². The predicted octanol–water partition coefficient (Wildman–Crippen LogP) is 2.77. The van der Waals surface area contributed by atoms with E-state index in [9.17, 15) is 8.42 Å². The van der Waals surface area contributed by atoms with Gasteiger partial charge in [0.05, 0.1) is 4.90 Å². The molecule has 0 fully saturated rings. The molecular weight excluding hydrogens is 270 g/mol. The van der Waals surface area contributed by atoms with Crippen molar-refractivity contribution >= 4 is 15.6 Å². The van der Waals surface area contributed by atoms with Crippen LogP contribution < -0.4 is 0 Å². The highest BCUT2D eigenvalue weighted by Crippen LogP contribution is 2.25. The minimum absolute atomic E-state index is 0.350. The largest absolute Gasteiger partial charge is 0.243 e.